The van der Waals surface area contributed by atoms with Crippen molar-refractivity contribution in [2.45, 2.75) is 32.3 Å². The molecule has 0 radical (unpaired) electrons. The first kappa shape index (κ1) is 17.1. The van der Waals surface area contributed by atoms with Crippen molar-refractivity contribution < 1.29 is 14.3 Å². The van der Waals surface area contributed by atoms with Crippen molar-refractivity contribution in [2.24, 2.45) is 0 Å². The van der Waals surface area contributed by atoms with E-state index in [2.05, 4.69) is 22.8 Å². The number of benzene rings is 2. The highest BCUT2D eigenvalue weighted by atomic mass is 16.6. The molecule has 0 fully saturated rings. The van der Waals surface area contributed by atoms with Crippen LogP contribution in [0.25, 0.3) is 0 Å². The molecular formula is C20H24N2O3. The van der Waals surface area contributed by atoms with Gasteiger partial charge in [-0.15, -0.1) is 0 Å². The van der Waals surface area contributed by atoms with Gasteiger partial charge in [0, 0.05) is 24.2 Å². The number of fused-ring (bicyclic) bond motifs is 1. The Morgan fingerprint density at radius 1 is 1.20 bits per heavy atom. The molecule has 5 heteroatoms. The average Bonchev–Trinajstić information content (AvgIpc) is 2.76. The minimum Gasteiger partial charge on any atom is -0.491 e. The molecule has 2 aromatic carbocycles. The Hall–Kier alpha value is -2.69. The molecule has 0 aliphatic carbocycles. The predicted octanol–water partition coefficient (Wildman–Crippen LogP) is 4.62. The molecule has 0 spiro atoms. The van der Waals surface area contributed by atoms with Gasteiger partial charge in [-0.2, -0.15) is 0 Å². The largest absolute Gasteiger partial charge is 0.491 e. The van der Waals surface area contributed by atoms with Gasteiger partial charge in [-0.1, -0.05) is 30.3 Å². The zero-order valence-electron chi connectivity index (χ0n) is 14.8. The number of ether oxygens (including phenoxy) is 2. The van der Waals surface area contributed by atoms with Gasteiger partial charge in [-0.25, -0.2) is 4.79 Å². The summed E-state index contributed by atoms with van der Waals surface area (Å²) in [5.74, 6) is 1.00. The van der Waals surface area contributed by atoms with E-state index < -0.39 is 11.7 Å². The Balaban J connectivity index is 1.68. The Bertz CT molecular complexity index is 738. The van der Waals surface area contributed by atoms with E-state index in [0.29, 0.717) is 12.3 Å². The number of carbonyl (C=O) groups is 1. The molecule has 5 nitrogen and oxygen atoms in total. The van der Waals surface area contributed by atoms with Gasteiger partial charge >= 0.3 is 6.09 Å². The van der Waals surface area contributed by atoms with Crippen LogP contribution in [0, 0.1) is 0 Å². The number of nitrogens with one attached hydrogen (secondary N) is 2. The molecule has 1 amide bonds. The molecule has 2 N–H and O–H groups in total. The highest BCUT2D eigenvalue weighted by Crippen LogP contribution is 2.33. The van der Waals surface area contributed by atoms with Gasteiger partial charge in [0.25, 0.3) is 0 Å². The van der Waals surface area contributed by atoms with Gasteiger partial charge in [0.1, 0.15) is 11.4 Å². The third-order valence-corrected chi connectivity index (χ3v) is 3.88. The molecule has 1 aliphatic rings. The van der Waals surface area contributed by atoms with Crippen LogP contribution in [0.4, 0.5) is 16.2 Å². The maximum atomic E-state index is 11.9. The monoisotopic (exact) mass is 340 g/mol. The number of hydrogen-bond donors (Lipinski definition) is 2. The standard InChI is InChI=1S/C20H24N2O3/c1-20(2,3)25-19(23)22-16-9-10-17-18(11-16)24-13-15(12-21-17)14-7-5-4-6-8-14/h4-11,15,21H,12-13H2,1-3H3,(H,22,23). The Morgan fingerprint density at radius 3 is 2.68 bits per heavy atom. The van der Waals surface area contributed by atoms with Crippen molar-refractivity contribution in [1.29, 1.82) is 0 Å². The molecule has 0 bridgehead atoms. The summed E-state index contributed by atoms with van der Waals surface area (Å²) in [5, 5.41) is 6.17. The second-order valence-electron chi connectivity index (χ2n) is 7.14. The quantitative estimate of drug-likeness (QED) is 0.837. The van der Waals surface area contributed by atoms with Crippen LogP contribution in [-0.4, -0.2) is 24.8 Å². The van der Waals surface area contributed by atoms with Crippen molar-refractivity contribution in [2.75, 3.05) is 23.8 Å². The fourth-order valence-electron chi connectivity index (χ4n) is 2.71. The van der Waals surface area contributed by atoms with Gasteiger partial charge in [0.2, 0.25) is 0 Å². The fraction of sp³-hybridized carbons (Fsp3) is 0.350. The molecule has 1 unspecified atom stereocenters. The summed E-state index contributed by atoms with van der Waals surface area (Å²) in [7, 11) is 0. The van der Waals surface area contributed by atoms with Gasteiger partial charge in [0.05, 0.1) is 12.3 Å². The molecule has 1 aliphatic heterocycles. The van der Waals surface area contributed by atoms with Crippen LogP contribution in [0.1, 0.15) is 32.3 Å². The van der Waals surface area contributed by atoms with Crippen LogP contribution in [0.3, 0.4) is 0 Å². The molecule has 25 heavy (non-hydrogen) atoms. The van der Waals surface area contributed by atoms with E-state index in [1.165, 1.54) is 5.56 Å². The SMILES string of the molecule is CC(C)(C)OC(=O)Nc1ccc2c(c1)OCC(c1ccccc1)CN2. The first-order chi connectivity index (χ1) is 11.9. The molecule has 3 rings (SSSR count). The van der Waals surface area contributed by atoms with E-state index in [1.54, 1.807) is 0 Å². The third kappa shape index (κ3) is 4.66. The second-order valence-corrected chi connectivity index (χ2v) is 7.14. The van der Waals surface area contributed by atoms with Gasteiger partial charge < -0.3 is 14.8 Å². The van der Waals surface area contributed by atoms with Crippen LogP contribution in [-0.2, 0) is 4.74 Å². The van der Waals surface area contributed by atoms with Crippen molar-refractivity contribution in [1.82, 2.24) is 0 Å². The highest BCUT2D eigenvalue weighted by molar-refractivity contribution is 5.86. The number of anilines is 2. The van der Waals surface area contributed by atoms with Crippen LogP contribution in [0.2, 0.25) is 0 Å². The van der Waals surface area contributed by atoms with Gasteiger partial charge in [-0.05, 0) is 38.5 Å². The van der Waals surface area contributed by atoms with Crippen molar-refractivity contribution in [3.05, 3.63) is 54.1 Å². The average molecular weight is 340 g/mol. The van der Waals surface area contributed by atoms with Crippen LogP contribution < -0.4 is 15.4 Å². The number of amides is 1. The molecular weight excluding hydrogens is 316 g/mol. The summed E-state index contributed by atoms with van der Waals surface area (Å²) < 4.78 is 11.3. The highest BCUT2D eigenvalue weighted by Gasteiger charge is 2.20. The lowest BCUT2D eigenvalue weighted by molar-refractivity contribution is 0.0636. The lowest BCUT2D eigenvalue weighted by atomic mass is 10.0. The Kier molecular flexibility index (Phi) is 4.83. The van der Waals surface area contributed by atoms with Gasteiger partial charge in [-0.3, -0.25) is 5.32 Å². The van der Waals surface area contributed by atoms with Crippen LogP contribution in [0.5, 0.6) is 5.75 Å². The van der Waals surface area contributed by atoms with Gasteiger partial charge in [0.15, 0.2) is 0 Å². The smallest absolute Gasteiger partial charge is 0.412 e. The predicted molar refractivity (Wildman–Crippen MR) is 99.5 cm³/mol. The maximum absolute atomic E-state index is 11.9. The van der Waals surface area contributed by atoms with E-state index in [1.807, 2.05) is 57.2 Å². The summed E-state index contributed by atoms with van der Waals surface area (Å²) in [6, 6.07) is 15.9. The van der Waals surface area contributed by atoms with E-state index in [0.717, 1.165) is 18.0 Å². The normalized spacial score (nSPS) is 16.7. The van der Waals surface area contributed by atoms with Crippen molar-refractivity contribution in [3.8, 4) is 5.75 Å². The lowest BCUT2D eigenvalue weighted by Gasteiger charge is -2.20. The van der Waals surface area contributed by atoms with E-state index in [9.17, 15) is 4.79 Å². The summed E-state index contributed by atoms with van der Waals surface area (Å²) in [6.07, 6.45) is -0.476. The van der Waals surface area contributed by atoms with Crippen molar-refractivity contribution in [3.63, 3.8) is 0 Å². The Morgan fingerprint density at radius 2 is 1.96 bits per heavy atom. The van der Waals surface area contributed by atoms with Crippen LogP contribution in [0.15, 0.2) is 48.5 Å². The molecule has 0 saturated heterocycles. The van der Waals surface area contributed by atoms with E-state index in [-0.39, 0.29) is 5.92 Å². The summed E-state index contributed by atoms with van der Waals surface area (Å²) in [4.78, 5) is 11.9. The summed E-state index contributed by atoms with van der Waals surface area (Å²) >= 11 is 0. The Labute approximate surface area is 148 Å². The fourth-order valence-corrected chi connectivity index (χ4v) is 2.71. The minimum absolute atomic E-state index is 0.274. The molecule has 1 atom stereocenters. The summed E-state index contributed by atoms with van der Waals surface area (Å²) in [5.41, 5.74) is 2.28. The lowest BCUT2D eigenvalue weighted by Crippen LogP contribution is -2.27. The second kappa shape index (κ2) is 7.05. The third-order valence-electron chi connectivity index (χ3n) is 3.88. The molecule has 1 heterocycles. The van der Waals surface area contributed by atoms with Crippen molar-refractivity contribution >= 4 is 17.5 Å². The van der Waals surface area contributed by atoms with E-state index >= 15 is 0 Å². The zero-order chi connectivity index (χ0) is 17.9. The topological polar surface area (TPSA) is 59.6 Å². The maximum Gasteiger partial charge on any atom is 0.412 e. The first-order valence-corrected chi connectivity index (χ1v) is 8.46. The molecule has 0 saturated carbocycles. The molecule has 0 aromatic heterocycles. The summed E-state index contributed by atoms with van der Waals surface area (Å²) in [6.45, 7) is 6.89. The van der Waals surface area contributed by atoms with Crippen LogP contribution >= 0.6 is 0 Å². The molecule has 132 valence electrons. The zero-order valence-corrected chi connectivity index (χ0v) is 14.8. The number of rotatable bonds is 2. The minimum atomic E-state index is -0.531. The molecule has 2 aromatic rings. The number of hydrogen-bond acceptors (Lipinski definition) is 4. The van der Waals surface area contributed by atoms with E-state index in [4.69, 9.17) is 9.47 Å². The first-order valence-electron chi connectivity index (χ1n) is 8.46. The number of carbonyl (C=O) groups excluding carboxylic acids is 1.